The average molecular weight is 497 g/mol. The van der Waals surface area contributed by atoms with Crippen LogP contribution < -0.4 is 10.5 Å². The van der Waals surface area contributed by atoms with Crippen LogP contribution in [0.2, 0.25) is 0 Å². The second-order valence-corrected chi connectivity index (χ2v) is 9.81. The molecule has 1 fully saturated rings. The van der Waals surface area contributed by atoms with Crippen molar-refractivity contribution in [1.29, 1.82) is 5.26 Å². The Bertz CT molecular complexity index is 1560. The van der Waals surface area contributed by atoms with Crippen molar-refractivity contribution >= 4 is 16.7 Å². The van der Waals surface area contributed by atoms with Gasteiger partial charge in [0.15, 0.2) is 0 Å². The minimum Gasteiger partial charge on any atom is -0.364 e. The van der Waals surface area contributed by atoms with Crippen molar-refractivity contribution in [2.75, 3.05) is 18.0 Å². The van der Waals surface area contributed by atoms with Gasteiger partial charge in [0.25, 0.3) is 5.56 Å². The van der Waals surface area contributed by atoms with Crippen LogP contribution in [-0.2, 0) is 7.05 Å². The molecule has 3 atom stereocenters. The van der Waals surface area contributed by atoms with E-state index in [0.29, 0.717) is 29.8 Å². The maximum atomic E-state index is 13.8. The highest BCUT2D eigenvalue weighted by atomic mass is 19.1. The molecule has 5 rings (SSSR count). The second-order valence-electron chi connectivity index (χ2n) is 9.81. The molecule has 0 saturated carbocycles. The molecular weight excluding hydrogens is 467 g/mol. The number of rotatable bonds is 4. The molecular formula is C29H29FN6O. The summed E-state index contributed by atoms with van der Waals surface area (Å²) < 4.78 is 15.4. The van der Waals surface area contributed by atoms with Crippen LogP contribution in [0.1, 0.15) is 42.5 Å². The van der Waals surface area contributed by atoms with Crippen molar-refractivity contribution in [1.82, 2.24) is 19.4 Å². The van der Waals surface area contributed by atoms with Crippen molar-refractivity contribution in [3.05, 3.63) is 99.5 Å². The normalized spacial score (nSPS) is 19.1. The molecule has 3 aromatic heterocycles. The first kappa shape index (κ1) is 24.6. The quantitative estimate of drug-likeness (QED) is 0.418. The van der Waals surface area contributed by atoms with Crippen molar-refractivity contribution < 1.29 is 4.39 Å². The van der Waals surface area contributed by atoms with Crippen LogP contribution in [0.5, 0.6) is 0 Å². The third-order valence-corrected chi connectivity index (χ3v) is 7.23. The van der Waals surface area contributed by atoms with E-state index in [4.69, 9.17) is 4.98 Å². The van der Waals surface area contributed by atoms with Gasteiger partial charge in [-0.3, -0.25) is 14.7 Å². The molecule has 37 heavy (non-hydrogen) atoms. The van der Waals surface area contributed by atoms with Gasteiger partial charge in [-0.25, -0.2) is 9.37 Å². The molecule has 1 aromatic carbocycles. The number of nitrogens with zero attached hydrogens (tertiary/aromatic N) is 6. The van der Waals surface area contributed by atoms with Crippen molar-refractivity contribution in [2.45, 2.75) is 38.9 Å². The molecule has 0 N–H and O–H groups in total. The van der Waals surface area contributed by atoms with Crippen LogP contribution in [0.25, 0.3) is 11.0 Å². The molecule has 4 heterocycles. The molecule has 7 nitrogen and oxygen atoms in total. The fourth-order valence-electron chi connectivity index (χ4n) is 5.34. The number of anilines is 1. The largest absolute Gasteiger partial charge is 0.364 e. The Morgan fingerprint density at radius 1 is 1.03 bits per heavy atom. The van der Waals surface area contributed by atoms with Gasteiger partial charge in [-0.2, -0.15) is 5.26 Å². The van der Waals surface area contributed by atoms with Crippen molar-refractivity contribution in [2.24, 2.45) is 7.05 Å². The van der Waals surface area contributed by atoms with Crippen LogP contribution in [-0.4, -0.2) is 44.6 Å². The first-order valence-corrected chi connectivity index (χ1v) is 12.4. The summed E-state index contributed by atoms with van der Waals surface area (Å²) in [5, 5.41) is 9.43. The minimum absolute atomic E-state index is 0.0341. The Balaban J connectivity index is 1.56. The summed E-state index contributed by atoms with van der Waals surface area (Å²) in [6, 6.07) is 19.7. The number of pyridine rings is 3. The van der Waals surface area contributed by atoms with Crippen LogP contribution in [0.15, 0.2) is 65.5 Å². The Morgan fingerprint density at radius 2 is 1.78 bits per heavy atom. The number of halogens is 1. The van der Waals surface area contributed by atoms with Gasteiger partial charge in [-0.05, 0) is 62.7 Å². The summed E-state index contributed by atoms with van der Waals surface area (Å²) in [5.74, 6) is -0.271. The Hall–Kier alpha value is -4.09. The SMILES string of the molecule is Cc1cccc(C(c2ccc(F)cc2)N2C[C@H](C)N(c3cc(=O)n(C)c4ccc(C#N)nc34)C[C@H]2C)n1. The molecule has 188 valence electrons. The predicted octanol–water partition coefficient (Wildman–Crippen LogP) is 4.34. The van der Waals surface area contributed by atoms with E-state index in [0.717, 1.165) is 22.6 Å². The molecule has 8 heteroatoms. The summed E-state index contributed by atoms with van der Waals surface area (Å²) >= 11 is 0. The van der Waals surface area contributed by atoms with E-state index >= 15 is 0 Å². The number of hydrogen-bond acceptors (Lipinski definition) is 6. The molecule has 0 aliphatic carbocycles. The second kappa shape index (κ2) is 9.75. The zero-order valence-electron chi connectivity index (χ0n) is 21.4. The average Bonchev–Trinajstić information content (AvgIpc) is 2.89. The molecule has 0 radical (unpaired) electrons. The number of benzene rings is 1. The Kier molecular flexibility index (Phi) is 6.48. The maximum Gasteiger partial charge on any atom is 0.252 e. The van der Waals surface area contributed by atoms with E-state index in [1.807, 2.05) is 37.3 Å². The number of hydrogen-bond donors (Lipinski definition) is 0. The number of aromatic nitrogens is 3. The molecule has 1 aliphatic rings. The smallest absolute Gasteiger partial charge is 0.252 e. The van der Waals surface area contributed by atoms with Crippen LogP contribution >= 0.6 is 0 Å². The topological polar surface area (TPSA) is 78.0 Å². The molecule has 1 aliphatic heterocycles. The Labute approximate surface area is 215 Å². The fourth-order valence-corrected chi connectivity index (χ4v) is 5.34. The monoisotopic (exact) mass is 496 g/mol. The molecule has 1 saturated heterocycles. The first-order chi connectivity index (χ1) is 17.8. The third-order valence-electron chi connectivity index (χ3n) is 7.23. The standard InChI is InChI=1S/C29H29FN6O/c1-18-6-5-7-24(32-18)29(21-8-10-22(30)11-9-21)36-17-19(2)35(16-20(36)3)26-14-27(37)34(4)25-13-12-23(15-31)33-28(25)26/h5-14,19-20,29H,16-17H2,1-4H3/t19-,20+,29?/m0/s1. The molecule has 0 bridgehead atoms. The van der Waals surface area contributed by atoms with Crippen LogP contribution in [0.4, 0.5) is 10.1 Å². The lowest BCUT2D eigenvalue weighted by Gasteiger charge is -2.48. The number of nitriles is 1. The summed E-state index contributed by atoms with van der Waals surface area (Å²) in [7, 11) is 1.72. The lowest BCUT2D eigenvalue weighted by atomic mass is 9.96. The van der Waals surface area contributed by atoms with E-state index in [1.165, 1.54) is 12.1 Å². The van der Waals surface area contributed by atoms with Crippen molar-refractivity contribution in [3.8, 4) is 6.07 Å². The number of fused-ring (bicyclic) bond motifs is 1. The van der Waals surface area contributed by atoms with Crippen molar-refractivity contribution in [3.63, 3.8) is 0 Å². The third kappa shape index (κ3) is 4.58. The lowest BCUT2D eigenvalue weighted by molar-refractivity contribution is 0.128. The zero-order chi connectivity index (χ0) is 26.3. The van der Waals surface area contributed by atoms with Crippen LogP contribution in [0.3, 0.4) is 0 Å². The highest BCUT2D eigenvalue weighted by Crippen LogP contribution is 2.35. The number of aryl methyl sites for hydroxylation is 2. The Morgan fingerprint density at radius 3 is 2.49 bits per heavy atom. The number of piperazine rings is 1. The fraction of sp³-hybridized carbons (Fsp3) is 0.310. The van der Waals surface area contributed by atoms with E-state index in [9.17, 15) is 14.4 Å². The summed E-state index contributed by atoms with van der Waals surface area (Å²) in [6.45, 7) is 7.59. The summed E-state index contributed by atoms with van der Waals surface area (Å²) in [5.41, 5.74) is 5.08. The summed E-state index contributed by atoms with van der Waals surface area (Å²) in [6.07, 6.45) is 0. The van der Waals surface area contributed by atoms with Gasteiger partial charge in [-0.1, -0.05) is 18.2 Å². The van der Waals surface area contributed by atoms with Gasteiger partial charge < -0.3 is 9.47 Å². The van der Waals surface area contributed by atoms with Gasteiger partial charge in [0.1, 0.15) is 23.1 Å². The van der Waals surface area contributed by atoms with Crippen LogP contribution in [0, 0.1) is 24.1 Å². The first-order valence-electron chi connectivity index (χ1n) is 12.4. The van der Waals surface area contributed by atoms with Gasteiger partial charge >= 0.3 is 0 Å². The minimum atomic E-state index is -0.271. The van der Waals surface area contributed by atoms with E-state index in [2.05, 4.69) is 34.7 Å². The predicted molar refractivity (Wildman–Crippen MR) is 142 cm³/mol. The molecule has 0 spiro atoms. The molecule has 1 unspecified atom stereocenters. The zero-order valence-corrected chi connectivity index (χ0v) is 21.4. The van der Waals surface area contributed by atoms with Gasteiger partial charge in [0.05, 0.1) is 22.9 Å². The van der Waals surface area contributed by atoms with E-state index in [1.54, 1.807) is 29.8 Å². The molecule has 0 amide bonds. The maximum absolute atomic E-state index is 13.8. The van der Waals surface area contributed by atoms with Gasteiger partial charge in [-0.15, -0.1) is 0 Å². The molecule has 4 aromatic rings. The van der Waals surface area contributed by atoms with Gasteiger partial charge in [0.2, 0.25) is 0 Å². The lowest BCUT2D eigenvalue weighted by Crippen LogP contribution is -2.57. The van der Waals surface area contributed by atoms with Gasteiger partial charge in [0, 0.05) is 44.0 Å². The summed E-state index contributed by atoms with van der Waals surface area (Å²) in [4.78, 5) is 26.9. The van der Waals surface area contributed by atoms with E-state index in [-0.39, 0.29) is 29.5 Å². The highest BCUT2D eigenvalue weighted by Gasteiger charge is 2.36. The van der Waals surface area contributed by atoms with E-state index < -0.39 is 0 Å². The highest BCUT2D eigenvalue weighted by molar-refractivity contribution is 5.89.